The average molecular weight is 301 g/mol. The first-order valence-corrected chi connectivity index (χ1v) is 7.08. The molecule has 0 fully saturated rings. The summed E-state index contributed by atoms with van der Waals surface area (Å²) in [5, 5.41) is 4.80. The van der Waals surface area contributed by atoms with Gasteiger partial charge in [-0.25, -0.2) is 9.97 Å². The number of fused-ring (bicyclic) bond motifs is 1. The SMILES string of the molecule is Nc1nc(SCc2ccccc2)nc2c(=O)[nH][nH]c(=O)c12. The van der Waals surface area contributed by atoms with Crippen LogP contribution in [-0.4, -0.2) is 20.2 Å². The number of nitrogen functional groups attached to an aromatic ring is 1. The number of hydrogen-bond donors (Lipinski definition) is 3. The Kier molecular flexibility index (Phi) is 3.44. The molecule has 0 saturated carbocycles. The van der Waals surface area contributed by atoms with Crippen LogP contribution in [0.4, 0.5) is 5.82 Å². The molecule has 7 nitrogen and oxygen atoms in total. The van der Waals surface area contributed by atoms with E-state index in [1.807, 2.05) is 30.3 Å². The summed E-state index contributed by atoms with van der Waals surface area (Å²) in [6.45, 7) is 0. The summed E-state index contributed by atoms with van der Waals surface area (Å²) in [4.78, 5) is 31.6. The number of aromatic nitrogens is 4. The van der Waals surface area contributed by atoms with Crippen LogP contribution in [0.5, 0.6) is 0 Å². The van der Waals surface area contributed by atoms with E-state index in [1.54, 1.807) is 0 Å². The Labute approximate surface area is 122 Å². The number of rotatable bonds is 3. The van der Waals surface area contributed by atoms with Crippen LogP contribution < -0.4 is 16.9 Å². The van der Waals surface area contributed by atoms with Crippen LogP contribution >= 0.6 is 11.8 Å². The van der Waals surface area contributed by atoms with Crippen molar-refractivity contribution in [3.63, 3.8) is 0 Å². The summed E-state index contributed by atoms with van der Waals surface area (Å²) < 4.78 is 0. The van der Waals surface area contributed by atoms with Crippen LogP contribution in [0.1, 0.15) is 5.56 Å². The predicted octanol–water partition coefficient (Wildman–Crippen LogP) is 0.881. The maximum atomic E-state index is 11.7. The minimum Gasteiger partial charge on any atom is -0.383 e. The number of benzene rings is 1. The highest BCUT2D eigenvalue weighted by Crippen LogP contribution is 2.21. The first-order chi connectivity index (χ1) is 10.1. The molecule has 3 rings (SSSR count). The smallest absolute Gasteiger partial charge is 0.289 e. The highest BCUT2D eigenvalue weighted by Gasteiger charge is 2.12. The molecule has 21 heavy (non-hydrogen) atoms. The van der Waals surface area contributed by atoms with Crippen LogP contribution in [0.3, 0.4) is 0 Å². The lowest BCUT2D eigenvalue weighted by Gasteiger charge is -2.04. The van der Waals surface area contributed by atoms with Gasteiger partial charge in [0, 0.05) is 5.75 Å². The van der Waals surface area contributed by atoms with Gasteiger partial charge in [-0.15, -0.1) is 0 Å². The molecular formula is C13H11N5O2S. The number of H-pyrrole nitrogens is 2. The Balaban J connectivity index is 1.99. The maximum Gasteiger partial charge on any atom is 0.289 e. The lowest BCUT2D eigenvalue weighted by Crippen LogP contribution is -2.22. The van der Waals surface area contributed by atoms with Crippen molar-refractivity contribution < 1.29 is 0 Å². The number of anilines is 1. The summed E-state index contributed by atoms with van der Waals surface area (Å²) in [7, 11) is 0. The molecule has 1 aromatic carbocycles. The third-order valence-electron chi connectivity index (χ3n) is 2.86. The molecule has 8 heteroatoms. The van der Waals surface area contributed by atoms with E-state index in [0.717, 1.165) is 5.56 Å². The summed E-state index contributed by atoms with van der Waals surface area (Å²) in [6, 6.07) is 9.78. The van der Waals surface area contributed by atoms with Crippen molar-refractivity contribution in [2.75, 3.05) is 5.73 Å². The summed E-state index contributed by atoms with van der Waals surface area (Å²) in [5.74, 6) is 0.648. The Morgan fingerprint density at radius 1 is 1.05 bits per heavy atom. The second kappa shape index (κ2) is 5.41. The van der Waals surface area contributed by atoms with Crippen LogP contribution in [0.15, 0.2) is 45.1 Å². The van der Waals surface area contributed by atoms with E-state index >= 15 is 0 Å². The molecule has 0 aliphatic carbocycles. The average Bonchev–Trinajstić information content (AvgIpc) is 2.50. The van der Waals surface area contributed by atoms with Crippen molar-refractivity contribution in [1.29, 1.82) is 0 Å². The molecule has 4 N–H and O–H groups in total. The predicted molar refractivity (Wildman–Crippen MR) is 81.2 cm³/mol. The van der Waals surface area contributed by atoms with Gasteiger partial charge in [0.25, 0.3) is 11.1 Å². The zero-order valence-electron chi connectivity index (χ0n) is 10.8. The normalized spacial score (nSPS) is 10.9. The van der Waals surface area contributed by atoms with Crippen LogP contribution in [0.25, 0.3) is 10.9 Å². The molecule has 2 heterocycles. The van der Waals surface area contributed by atoms with Crippen LogP contribution in [-0.2, 0) is 5.75 Å². The summed E-state index contributed by atoms with van der Waals surface area (Å²) >= 11 is 1.35. The molecule has 0 atom stereocenters. The first kappa shape index (κ1) is 13.4. The van der Waals surface area contributed by atoms with E-state index in [0.29, 0.717) is 10.9 Å². The third kappa shape index (κ3) is 2.65. The molecule has 0 unspecified atom stereocenters. The number of nitrogens with one attached hydrogen (secondary N) is 2. The van der Waals surface area contributed by atoms with Gasteiger partial charge in [0.15, 0.2) is 5.16 Å². The fourth-order valence-electron chi connectivity index (χ4n) is 1.87. The summed E-state index contributed by atoms with van der Waals surface area (Å²) in [5.41, 5.74) is 5.85. The molecule has 0 aliphatic rings. The zero-order chi connectivity index (χ0) is 14.8. The molecular weight excluding hydrogens is 290 g/mol. The van der Waals surface area contributed by atoms with Crippen molar-refractivity contribution in [2.45, 2.75) is 10.9 Å². The topological polar surface area (TPSA) is 118 Å². The van der Waals surface area contributed by atoms with E-state index < -0.39 is 11.1 Å². The zero-order valence-corrected chi connectivity index (χ0v) is 11.6. The second-order valence-corrected chi connectivity index (χ2v) is 5.24. The van der Waals surface area contributed by atoms with Gasteiger partial charge < -0.3 is 5.73 Å². The number of hydrogen-bond acceptors (Lipinski definition) is 6. The van der Waals surface area contributed by atoms with Gasteiger partial charge in [0.1, 0.15) is 16.7 Å². The molecule has 0 aliphatic heterocycles. The van der Waals surface area contributed by atoms with E-state index in [4.69, 9.17) is 5.73 Å². The van der Waals surface area contributed by atoms with Crippen molar-refractivity contribution in [3.8, 4) is 0 Å². The quantitative estimate of drug-likeness (QED) is 0.488. The Morgan fingerprint density at radius 2 is 1.76 bits per heavy atom. The molecule has 0 radical (unpaired) electrons. The van der Waals surface area contributed by atoms with Gasteiger partial charge in [0.2, 0.25) is 0 Å². The molecule has 106 valence electrons. The largest absolute Gasteiger partial charge is 0.383 e. The van der Waals surface area contributed by atoms with Crippen LogP contribution in [0, 0.1) is 0 Å². The monoisotopic (exact) mass is 301 g/mol. The van der Waals surface area contributed by atoms with E-state index in [2.05, 4.69) is 20.2 Å². The Hall–Kier alpha value is -2.61. The fraction of sp³-hybridized carbons (Fsp3) is 0.0769. The molecule has 0 spiro atoms. The highest BCUT2D eigenvalue weighted by atomic mass is 32.2. The second-order valence-electron chi connectivity index (χ2n) is 4.30. The van der Waals surface area contributed by atoms with Crippen molar-refractivity contribution >= 4 is 28.5 Å². The number of nitrogens with two attached hydrogens (primary N) is 1. The maximum absolute atomic E-state index is 11.7. The summed E-state index contributed by atoms with van der Waals surface area (Å²) in [6.07, 6.45) is 0. The van der Waals surface area contributed by atoms with Gasteiger partial charge in [0.05, 0.1) is 0 Å². The fourth-order valence-corrected chi connectivity index (χ4v) is 2.67. The lowest BCUT2D eigenvalue weighted by atomic mass is 10.2. The lowest BCUT2D eigenvalue weighted by molar-refractivity contribution is 0.939. The minimum atomic E-state index is -0.512. The molecule has 0 amide bonds. The number of aromatic amines is 2. The van der Waals surface area contributed by atoms with Gasteiger partial charge in [-0.05, 0) is 5.56 Å². The van der Waals surface area contributed by atoms with Gasteiger partial charge >= 0.3 is 0 Å². The minimum absolute atomic E-state index is 0.00168. The Morgan fingerprint density at radius 3 is 2.52 bits per heavy atom. The third-order valence-corrected chi connectivity index (χ3v) is 3.78. The van der Waals surface area contributed by atoms with Gasteiger partial charge in [-0.1, -0.05) is 42.1 Å². The van der Waals surface area contributed by atoms with Crippen molar-refractivity contribution in [3.05, 3.63) is 56.6 Å². The standard InChI is InChI=1S/C13H11N5O2S/c14-10-8-9(12(20)18-17-11(8)19)15-13(16-10)21-6-7-4-2-1-3-5-7/h1-5H,6H2,(H,17,19)(H,18,20)(H2,14,15,16). The van der Waals surface area contributed by atoms with E-state index in [9.17, 15) is 9.59 Å². The first-order valence-electron chi connectivity index (χ1n) is 6.10. The van der Waals surface area contributed by atoms with E-state index in [1.165, 1.54) is 11.8 Å². The number of thioether (sulfide) groups is 1. The Bertz CT molecular complexity index is 904. The molecule has 2 aromatic heterocycles. The van der Waals surface area contributed by atoms with Crippen molar-refractivity contribution in [2.24, 2.45) is 0 Å². The molecule has 0 saturated heterocycles. The van der Waals surface area contributed by atoms with Gasteiger partial charge in [-0.2, -0.15) is 0 Å². The molecule has 0 bridgehead atoms. The highest BCUT2D eigenvalue weighted by molar-refractivity contribution is 7.98. The van der Waals surface area contributed by atoms with Crippen molar-refractivity contribution in [1.82, 2.24) is 20.2 Å². The van der Waals surface area contributed by atoms with Crippen LogP contribution in [0.2, 0.25) is 0 Å². The number of nitrogens with zero attached hydrogens (tertiary/aromatic N) is 2. The van der Waals surface area contributed by atoms with E-state index in [-0.39, 0.29) is 16.7 Å². The van der Waals surface area contributed by atoms with Gasteiger partial charge in [-0.3, -0.25) is 19.8 Å². The molecule has 3 aromatic rings.